The molecule has 1 N–H and O–H groups in total. The molecule has 0 bridgehead atoms. The zero-order chi connectivity index (χ0) is 19.6. The molecule has 27 heavy (non-hydrogen) atoms. The largest absolute Gasteiger partial charge is 0.497 e. The fourth-order valence-corrected chi connectivity index (χ4v) is 2.54. The van der Waals surface area contributed by atoms with Crippen LogP contribution in [0.1, 0.15) is 17.5 Å². The number of methoxy groups -OCH3 is 2. The number of hydrogen-bond acceptors (Lipinski definition) is 4. The first kappa shape index (κ1) is 20.5. The predicted molar refractivity (Wildman–Crippen MR) is 97.7 cm³/mol. The van der Waals surface area contributed by atoms with Crippen molar-refractivity contribution >= 4 is 5.91 Å². The zero-order valence-corrected chi connectivity index (χ0v) is 15.3. The van der Waals surface area contributed by atoms with Crippen LogP contribution < -0.4 is 19.5 Å². The van der Waals surface area contributed by atoms with Gasteiger partial charge in [0.1, 0.15) is 17.2 Å². The molecule has 5 nitrogen and oxygen atoms in total. The van der Waals surface area contributed by atoms with E-state index in [0.29, 0.717) is 37.3 Å². The van der Waals surface area contributed by atoms with Crippen LogP contribution in [0.3, 0.4) is 0 Å². The molecule has 0 aliphatic carbocycles. The summed E-state index contributed by atoms with van der Waals surface area (Å²) in [6, 6.07) is 11.9. The van der Waals surface area contributed by atoms with Crippen molar-refractivity contribution in [3.8, 4) is 17.2 Å². The van der Waals surface area contributed by atoms with Gasteiger partial charge in [-0.2, -0.15) is 8.78 Å². The molecule has 0 heterocycles. The number of carbonyl (C=O) groups is 1. The summed E-state index contributed by atoms with van der Waals surface area (Å²) in [5.74, 6) is 1.42. The van der Waals surface area contributed by atoms with Gasteiger partial charge in [-0.15, -0.1) is 0 Å². The Morgan fingerprint density at radius 1 is 0.926 bits per heavy atom. The molecule has 2 aromatic carbocycles. The van der Waals surface area contributed by atoms with E-state index in [1.54, 1.807) is 32.4 Å². The lowest BCUT2D eigenvalue weighted by Gasteiger charge is -2.09. The van der Waals surface area contributed by atoms with Crippen molar-refractivity contribution in [3.05, 3.63) is 53.6 Å². The minimum atomic E-state index is -2.83. The molecule has 2 rings (SSSR count). The summed E-state index contributed by atoms with van der Waals surface area (Å²) in [6.07, 6.45) is 1.52. The van der Waals surface area contributed by atoms with Gasteiger partial charge >= 0.3 is 6.61 Å². The number of amides is 1. The first-order chi connectivity index (χ1) is 13.0. The van der Waals surface area contributed by atoms with E-state index in [-0.39, 0.29) is 11.7 Å². The Kier molecular flexibility index (Phi) is 7.85. The molecule has 0 aliphatic heterocycles. The molecule has 2 aromatic rings. The average molecular weight is 379 g/mol. The average Bonchev–Trinajstić information content (AvgIpc) is 2.67. The van der Waals surface area contributed by atoms with Crippen LogP contribution in [0.15, 0.2) is 42.5 Å². The van der Waals surface area contributed by atoms with Crippen LogP contribution in [-0.2, 0) is 17.6 Å². The SMILES string of the molecule is COc1cc(CCC(=O)NCCc2ccc(OC(F)F)cc2)cc(OC)c1. The van der Waals surface area contributed by atoms with Crippen molar-refractivity contribution in [3.63, 3.8) is 0 Å². The molecule has 0 atom stereocenters. The van der Waals surface area contributed by atoms with Gasteiger partial charge in [-0.05, 0) is 48.2 Å². The number of hydrogen-bond donors (Lipinski definition) is 1. The lowest BCUT2D eigenvalue weighted by atomic mass is 10.1. The molecule has 0 saturated carbocycles. The number of rotatable bonds is 10. The summed E-state index contributed by atoms with van der Waals surface area (Å²) in [5.41, 5.74) is 1.88. The van der Waals surface area contributed by atoms with Gasteiger partial charge in [-0.1, -0.05) is 12.1 Å². The second-order valence-electron chi connectivity index (χ2n) is 5.84. The number of aryl methyl sites for hydroxylation is 1. The third-order valence-corrected chi connectivity index (χ3v) is 3.94. The maximum Gasteiger partial charge on any atom is 0.387 e. The first-order valence-electron chi connectivity index (χ1n) is 8.52. The van der Waals surface area contributed by atoms with Gasteiger partial charge in [0.05, 0.1) is 14.2 Å². The third kappa shape index (κ3) is 7.13. The predicted octanol–water partition coefficient (Wildman–Crippen LogP) is 3.60. The van der Waals surface area contributed by atoms with E-state index in [0.717, 1.165) is 11.1 Å². The van der Waals surface area contributed by atoms with Gasteiger partial charge < -0.3 is 19.5 Å². The van der Waals surface area contributed by atoms with Crippen molar-refractivity contribution in [2.45, 2.75) is 25.9 Å². The van der Waals surface area contributed by atoms with Gasteiger partial charge in [0, 0.05) is 19.0 Å². The van der Waals surface area contributed by atoms with E-state index in [9.17, 15) is 13.6 Å². The molecule has 0 aromatic heterocycles. The fourth-order valence-electron chi connectivity index (χ4n) is 2.54. The van der Waals surface area contributed by atoms with Crippen molar-refractivity contribution in [1.82, 2.24) is 5.32 Å². The van der Waals surface area contributed by atoms with Crippen LogP contribution in [0.4, 0.5) is 8.78 Å². The summed E-state index contributed by atoms with van der Waals surface area (Å²) in [4.78, 5) is 12.0. The molecule has 0 radical (unpaired) electrons. The Labute approximate surface area is 157 Å². The molecule has 146 valence electrons. The summed E-state index contributed by atoms with van der Waals surface area (Å²) in [6.45, 7) is -2.37. The van der Waals surface area contributed by atoms with Crippen LogP contribution in [-0.4, -0.2) is 33.3 Å². The molecule has 0 unspecified atom stereocenters. The van der Waals surface area contributed by atoms with Crippen LogP contribution in [0.5, 0.6) is 17.2 Å². The summed E-state index contributed by atoms with van der Waals surface area (Å²) >= 11 is 0. The number of ether oxygens (including phenoxy) is 3. The zero-order valence-electron chi connectivity index (χ0n) is 15.3. The molecule has 1 amide bonds. The van der Waals surface area contributed by atoms with Crippen LogP contribution >= 0.6 is 0 Å². The van der Waals surface area contributed by atoms with Gasteiger partial charge in [0.2, 0.25) is 5.91 Å². The maximum atomic E-state index is 12.1. The molecule has 0 spiro atoms. The van der Waals surface area contributed by atoms with Crippen LogP contribution in [0.2, 0.25) is 0 Å². The number of carbonyl (C=O) groups excluding carboxylic acids is 1. The lowest BCUT2D eigenvalue weighted by Crippen LogP contribution is -2.25. The fraction of sp³-hybridized carbons (Fsp3) is 0.350. The molecule has 0 fully saturated rings. The Hall–Kier alpha value is -2.83. The number of halogens is 2. The lowest BCUT2D eigenvalue weighted by molar-refractivity contribution is -0.121. The quantitative estimate of drug-likeness (QED) is 0.685. The Bertz CT molecular complexity index is 713. The highest BCUT2D eigenvalue weighted by molar-refractivity contribution is 5.76. The van der Waals surface area contributed by atoms with Crippen molar-refractivity contribution in [2.75, 3.05) is 20.8 Å². The Morgan fingerprint density at radius 3 is 2.11 bits per heavy atom. The number of benzene rings is 2. The molecule has 0 aliphatic rings. The molecule has 7 heteroatoms. The minimum absolute atomic E-state index is 0.0607. The van der Waals surface area contributed by atoms with Crippen molar-refractivity contribution in [1.29, 1.82) is 0 Å². The highest BCUT2D eigenvalue weighted by Crippen LogP contribution is 2.23. The first-order valence-corrected chi connectivity index (χ1v) is 8.52. The van der Waals surface area contributed by atoms with Crippen LogP contribution in [0.25, 0.3) is 0 Å². The van der Waals surface area contributed by atoms with Gasteiger partial charge in [-0.25, -0.2) is 0 Å². The van der Waals surface area contributed by atoms with E-state index in [4.69, 9.17) is 9.47 Å². The second-order valence-corrected chi connectivity index (χ2v) is 5.84. The van der Waals surface area contributed by atoms with E-state index in [1.807, 2.05) is 12.1 Å². The smallest absolute Gasteiger partial charge is 0.387 e. The summed E-state index contributed by atoms with van der Waals surface area (Å²) in [7, 11) is 3.16. The topological polar surface area (TPSA) is 56.8 Å². The number of nitrogens with one attached hydrogen (secondary N) is 1. The van der Waals surface area contributed by atoms with Gasteiger partial charge in [0.25, 0.3) is 0 Å². The number of alkyl halides is 2. The molecular weight excluding hydrogens is 356 g/mol. The second kappa shape index (κ2) is 10.4. The van der Waals surface area contributed by atoms with E-state index in [2.05, 4.69) is 10.1 Å². The van der Waals surface area contributed by atoms with E-state index < -0.39 is 6.61 Å². The standard InChI is InChI=1S/C20H23F2NO4/c1-25-17-11-15(12-18(13-17)26-2)5-8-19(24)23-10-9-14-3-6-16(7-4-14)27-20(21)22/h3-4,6-7,11-13,20H,5,8-10H2,1-2H3,(H,23,24). The third-order valence-electron chi connectivity index (χ3n) is 3.94. The van der Waals surface area contributed by atoms with Gasteiger partial charge in [-0.3, -0.25) is 4.79 Å². The highest BCUT2D eigenvalue weighted by Gasteiger charge is 2.07. The van der Waals surface area contributed by atoms with Crippen LogP contribution in [0, 0.1) is 0 Å². The highest BCUT2D eigenvalue weighted by atomic mass is 19.3. The van der Waals surface area contributed by atoms with E-state index >= 15 is 0 Å². The minimum Gasteiger partial charge on any atom is -0.497 e. The normalized spacial score (nSPS) is 10.6. The Morgan fingerprint density at radius 2 is 1.56 bits per heavy atom. The van der Waals surface area contributed by atoms with Crippen molar-refractivity contribution in [2.24, 2.45) is 0 Å². The molecular formula is C20H23F2NO4. The van der Waals surface area contributed by atoms with Crippen molar-refractivity contribution < 1.29 is 27.8 Å². The maximum absolute atomic E-state index is 12.1. The summed E-state index contributed by atoms with van der Waals surface area (Å²) in [5, 5.41) is 2.85. The molecule has 0 saturated heterocycles. The Balaban J connectivity index is 1.75. The van der Waals surface area contributed by atoms with Gasteiger partial charge in [0.15, 0.2) is 0 Å². The summed E-state index contributed by atoms with van der Waals surface area (Å²) < 4.78 is 38.9. The van der Waals surface area contributed by atoms with E-state index in [1.165, 1.54) is 12.1 Å². The monoisotopic (exact) mass is 379 g/mol.